The Balaban J connectivity index is 4.53. The van der Waals surface area contributed by atoms with Crippen LogP contribution >= 0.6 is 31.9 Å². The van der Waals surface area contributed by atoms with Crippen LogP contribution in [0.1, 0.15) is 6.92 Å². The summed E-state index contributed by atoms with van der Waals surface area (Å²) in [6.07, 6.45) is 5.56. The molecule has 0 heterocycles. The molecule has 0 saturated heterocycles. The van der Waals surface area contributed by atoms with Crippen LogP contribution in [0.3, 0.4) is 0 Å². The quantitative estimate of drug-likeness (QED) is 0.532. The van der Waals surface area contributed by atoms with Gasteiger partial charge in [-0.25, -0.2) is 0 Å². The first-order chi connectivity index (χ1) is 5.24. The molecule has 0 unspecified atom stereocenters. The summed E-state index contributed by atoms with van der Waals surface area (Å²) in [6, 6.07) is 0. The number of rotatable bonds is 2. The molecule has 0 N–H and O–H groups in total. The van der Waals surface area contributed by atoms with E-state index in [0.717, 1.165) is 10.1 Å². The summed E-state index contributed by atoms with van der Waals surface area (Å²) in [7, 11) is 0. The van der Waals surface area contributed by atoms with Crippen LogP contribution in [0, 0.1) is 10.8 Å². The molecule has 0 aromatic rings. The summed E-state index contributed by atoms with van der Waals surface area (Å²) in [6.45, 7) is 5.54. The van der Waals surface area contributed by atoms with E-state index in [4.69, 9.17) is 0 Å². The van der Waals surface area contributed by atoms with Gasteiger partial charge in [0.1, 0.15) is 0 Å². The van der Waals surface area contributed by atoms with Gasteiger partial charge in [-0.3, -0.25) is 0 Å². The van der Waals surface area contributed by atoms with E-state index in [1.165, 1.54) is 0 Å². The van der Waals surface area contributed by atoms with E-state index in [1.54, 1.807) is 6.08 Å². The molecule has 0 aliphatic carbocycles. The number of allylic oxidation sites excluding steroid dienone is 5. The van der Waals surface area contributed by atoms with Gasteiger partial charge in [0.25, 0.3) is 0 Å². The Morgan fingerprint density at radius 3 is 2.55 bits per heavy atom. The molecule has 0 rings (SSSR count). The lowest BCUT2D eigenvalue weighted by Crippen LogP contribution is -1.70. The maximum atomic E-state index is 3.61. The maximum absolute atomic E-state index is 3.61. The van der Waals surface area contributed by atoms with Gasteiger partial charge in [0, 0.05) is 26.0 Å². The molecule has 0 atom stereocenters. The van der Waals surface area contributed by atoms with Gasteiger partial charge in [-0.2, -0.15) is 0 Å². The Labute approximate surface area is 84.3 Å². The van der Waals surface area contributed by atoms with Crippen LogP contribution in [0.15, 0.2) is 34.9 Å². The largest absolute Gasteiger partial charge is 0.0979 e. The first-order valence-corrected chi connectivity index (χ1v) is 4.60. The fourth-order valence-corrected chi connectivity index (χ4v) is 0.929. The molecule has 0 saturated carbocycles. The third-order valence-electron chi connectivity index (χ3n) is 0.991. The van der Waals surface area contributed by atoms with E-state index in [0.29, 0.717) is 0 Å². The standard InChI is InChI=1S/C9H8Br2/c1-3-8(5-6-10)7-9(11)4-2/h3-4,7H,2H2,1H3/b8-3-,9-7+. The summed E-state index contributed by atoms with van der Waals surface area (Å²) in [5, 5.41) is 0. The predicted molar refractivity (Wildman–Crippen MR) is 57.7 cm³/mol. The lowest BCUT2D eigenvalue weighted by atomic mass is 10.2. The highest BCUT2D eigenvalue weighted by atomic mass is 79.9. The summed E-state index contributed by atoms with van der Waals surface area (Å²) in [4.78, 5) is 2.64. The van der Waals surface area contributed by atoms with Crippen LogP contribution in [0.4, 0.5) is 0 Å². The second-order valence-corrected chi connectivity index (χ2v) is 3.01. The van der Waals surface area contributed by atoms with Crippen LogP contribution in [0.5, 0.6) is 0 Å². The van der Waals surface area contributed by atoms with Gasteiger partial charge in [-0.15, -0.1) is 0 Å². The SMILES string of the molecule is C=C/C(Br)=C\C(C#CBr)=C/C. The molecule has 0 bridgehead atoms. The second-order valence-electron chi connectivity index (χ2n) is 1.70. The van der Waals surface area contributed by atoms with Crippen molar-refractivity contribution in [2.75, 3.05) is 0 Å². The van der Waals surface area contributed by atoms with Gasteiger partial charge in [0.05, 0.1) is 0 Å². The molecule has 2 heteroatoms. The summed E-state index contributed by atoms with van der Waals surface area (Å²) >= 11 is 6.34. The van der Waals surface area contributed by atoms with Crippen molar-refractivity contribution in [2.45, 2.75) is 6.92 Å². The Bertz CT molecular complexity index is 248. The van der Waals surface area contributed by atoms with E-state index in [-0.39, 0.29) is 0 Å². The lowest BCUT2D eigenvalue weighted by Gasteiger charge is -1.88. The van der Waals surface area contributed by atoms with Crippen molar-refractivity contribution >= 4 is 31.9 Å². The van der Waals surface area contributed by atoms with Gasteiger partial charge in [0.2, 0.25) is 0 Å². The van der Waals surface area contributed by atoms with E-state index in [9.17, 15) is 0 Å². The minimum atomic E-state index is 0.931. The van der Waals surface area contributed by atoms with E-state index in [2.05, 4.69) is 49.2 Å². The molecule has 0 radical (unpaired) electrons. The third kappa shape index (κ3) is 5.06. The van der Waals surface area contributed by atoms with Gasteiger partial charge >= 0.3 is 0 Å². The van der Waals surface area contributed by atoms with Gasteiger partial charge < -0.3 is 0 Å². The molecular formula is C9H8Br2. The zero-order chi connectivity index (χ0) is 8.69. The molecular weight excluding hydrogens is 268 g/mol. The fraction of sp³-hybridized carbons (Fsp3) is 0.111. The van der Waals surface area contributed by atoms with Crippen LogP contribution < -0.4 is 0 Å². The topological polar surface area (TPSA) is 0 Å². The third-order valence-corrected chi connectivity index (χ3v) is 1.74. The van der Waals surface area contributed by atoms with Gasteiger partial charge in [0.15, 0.2) is 0 Å². The van der Waals surface area contributed by atoms with Crippen molar-refractivity contribution in [3.05, 3.63) is 34.9 Å². The Kier molecular flexibility index (Phi) is 6.30. The normalized spacial score (nSPS) is 11.9. The van der Waals surface area contributed by atoms with Crippen molar-refractivity contribution in [1.82, 2.24) is 0 Å². The zero-order valence-electron chi connectivity index (χ0n) is 6.20. The molecule has 0 aliphatic heterocycles. The molecule has 0 amide bonds. The minimum Gasteiger partial charge on any atom is -0.0979 e. The molecule has 0 aromatic carbocycles. The molecule has 11 heavy (non-hydrogen) atoms. The summed E-state index contributed by atoms with van der Waals surface area (Å²) in [5.41, 5.74) is 0.952. The van der Waals surface area contributed by atoms with Crippen molar-refractivity contribution < 1.29 is 0 Å². The van der Waals surface area contributed by atoms with E-state index in [1.807, 2.05) is 19.1 Å². The molecule has 0 aliphatic rings. The Morgan fingerprint density at radius 1 is 1.55 bits per heavy atom. The van der Waals surface area contributed by atoms with E-state index >= 15 is 0 Å². The van der Waals surface area contributed by atoms with Crippen molar-refractivity contribution in [3.63, 3.8) is 0 Å². The first-order valence-electron chi connectivity index (χ1n) is 3.02. The highest BCUT2D eigenvalue weighted by Gasteiger charge is 1.85. The molecule has 0 nitrogen and oxygen atoms in total. The number of hydrogen-bond acceptors (Lipinski definition) is 0. The van der Waals surface area contributed by atoms with E-state index < -0.39 is 0 Å². The number of halogens is 2. The number of hydrogen-bond donors (Lipinski definition) is 0. The monoisotopic (exact) mass is 274 g/mol. The average molecular weight is 276 g/mol. The lowest BCUT2D eigenvalue weighted by molar-refractivity contribution is 1.64. The first kappa shape index (κ1) is 10.7. The highest BCUT2D eigenvalue weighted by molar-refractivity contribution is 9.12. The Hall–Kier alpha value is -0.260. The summed E-state index contributed by atoms with van der Waals surface area (Å²) < 4.78 is 0.931. The minimum absolute atomic E-state index is 0.931. The van der Waals surface area contributed by atoms with Crippen LogP contribution in [-0.4, -0.2) is 0 Å². The highest BCUT2D eigenvalue weighted by Crippen LogP contribution is 2.09. The summed E-state index contributed by atoms with van der Waals surface area (Å²) in [5.74, 6) is 2.87. The fourth-order valence-electron chi connectivity index (χ4n) is 0.454. The molecule has 0 fully saturated rings. The second kappa shape index (κ2) is 6.45. The van der Waals surface area contributed by atoms with Gasteiger partial charge in [-0.1, -0.05) is 40.6 Å². The predicted octanol–water partition coefficient (Wildman–Crippen LogP) is 3.75. The smallest absolute Gasteiger partial charge is 0.0222 e. The van der Waals surface area contributed by atoms with Crippen molar-refractivity contribution in [3.8, 4) is 10.8 Å². The molecule has 0 spiro atoms. The Morgan fingerprint density at radius 2 is 2.18 bits per heavy atom. The molecule has 58 valence electrons. The molecule has 0 aromatic heterocycles. The van der Waals surface area contributed by atoms with Crippen LogP contribution in [0.2, 0.25) is 0 Å². The van der Waals surface area contributed by atoms with Crippen LogP contribution in [0.25, 0.3) is 0 Å². The average Bonchev–Trinajstić information content (AvgIpc) is 2.03. The maximum Gasteiger partial charge on any atom is 0.0222 e. The van der Waals surface area contributed by atoms with Crippen LogP contribution in [-0.2, 0) is 0 Å². The van der Waals surface area contributed by atoms with Crippen molar-refractivity contribution in [2.24, 2.45) is 0 Å². The van der Waals surface area contributed by atoms with Gasteiger partial charge in [-0.05, 0) is 17.8 Å². The van der Waals surface area contributed by atoms with Crippen molar-refractivity contribution in [1.29, 1.82) is 0 Å². The zero-order valence-corrected chi connectivity index (χ0v) is 9.37.